The summed E-state index contributed by atoms with van der Waals surface area (Å²) in [5.41, 5.74) is 6.20. The second kappa shape index (κ2) is 7.86. The number of carbonyl (C=O) groups excluding carboxylic acids is 1. The Morgan fingerprint density at radius 3 is 2.69 bits per heavy atom. The Morgan fingerprint density at radius 2 is 2.12 bits per heavy atom. The molecule has 0 fully saturated rings. The van der Waals surface area contributed by atoms with Gasteiger partial charge in [0, 0.05) is 10.1 Å². The van der Waals surface area contributed by atoms with Crippen LogP contribution in [0.3, 0.4) is 0 Å². The second-order valence-electron chi connectivity index (χ2n) is 3.53. The topological polar surface area (TPSA) is 55.1 Å². The van der Waals surface area contributed by atoms with E-state index in [1.54, 1.807) is 0 Å². The van der Waals surface area contributed by atoms with Crippen LogP contribution in [-0.2, 0) is 0 Å². The third-order valence-corrected chi connectivity index (χ3v) is 3.07. The molecule has 0 saturated carbocycles. The highest BCUT2D eigenvalue weighted by atomic mass is 127. The molecule has 0 aromatic heterocycles. The van der Waals surface area contributed by atoms with Gasteiger partial charge in [0.1, 0.15) is 0 Å². The summed E-state index contributed by atoms with van der Waals surface area (Å²) in [6, 6.07) is 7.52. The van der Waals surface area contributed by atoms with Crippen molar-refractivity contribution in [2.75, 3.05) is 13.1 Å². The summed E-state index contributed by atoms with van der Waals surface area (Å²) in [4.78, 5) is 11.7. The molecule has 1 rings (SSSR count). The van der Waals surface area contributed by atoms with Crippen LogP contribution >= 0.6 is 35.0 Å². The first-order valence-corrected chi connectivity index (χ1v) is 5.95. The Kier molecular flexibility index (Phi) is 7.70. The first-order chi connectivity index (χ1) is 7.15. The lowest BCUT2D eigenvalue weighted by atomic mass is 10.1. The molecule has 1 aromatic carbocycles. The van der Waals surface area contributed by atoms with Crippen LogP contribution in [-0.4, -0.2) is 19.0 Å². The maximum absolute atomic E-state index is 11.7. The molecular weight excluding hydrogens is 338 g/mol. The Hall–Kier alpha value is -0.330. The van der Waals surface area contributed by atoms with Crippen LogP contribution in [0.4, 0.5) is 0 Å². The summed E-state index contributed by atoms with van der Waals surface area (Å²) < 4.78 is 0.966. The monoisotopic (exact) mass is 354 g/mol. The zero-order valence-corrected chi connectivity index (χ0v) is 12.0. The molecule has 0 radical (unpaired) electrons. The van der Waals surface area contributed by atoms with Gasteiger partial charge < -0.3 is 11.1 Å². The highest BCUT2D eigenvalue weighted by Crippen LogP contribution is 2.10. The number of amides is 1. The van der Waals surface area contributed by atoms with Gasteiger partial charge in [0.05, 0.1) is 5.56 Å². The van der Waals surface area contributed by atoms with Crippen molar-refractivity contribution in [2.24, 2.45) is 11.7 Å². The average Bonchev–Trinajstić information content (AvgIpc) is 2.26. The van der Waals surface area contributed by atoms with Gasteiger partial charge in [-0.3, -0.25) is 4.79 Å². The third kappa shape index (κ3) is 4.67. The first kappa shape index (κ1) is 15.7. The van der Waals surface area contributed by atoms with E-state index in [4.69, 9.17) is 5.73 Å². The molecule has 3 N–H and O–H groups in total. The quantitative estimate of drug-likeness (QED) is 0.813. The third-order valence-electron chi connectivity index (χ3n) is 2.13. The Balaban J connectivity index is 0.00000225. The molecule has 1 unspecified atom stereocenters. The van der Waals surface area contributed by atoms with E-state index >= 15 is 0 Å². The van der Waals surface area contributed by atoms with Crippen molar-refractivity contribution in [3.8, 4) is 0 Å². The highest BCUT2D eigenvalue weighted by molar-refractivity contribution is 14.1. The Morgan fingerprint density at radius 1 is 1.50 bits per heavy atom. The molecule has 0 aliphatic rings. The van der Waals surface area contributed by atoms with Crippen molar-refractivity contribution in [3.05, 3.63) is 33.4 Å². The fourth-order valence-electron chi connectivity index (χ4n) is 1.09. The van der Waals surface area contributed by atoms with Crippen molar-refractivity contribution >= 4 is 40.9 Å². The summed E-state index contributed by atoms with van der Waals surface area (Å²) in [5, 5.41) is 2.87. The van der Waals surface area contributed by atoms with Crippen molar-refractivity contribution < 1.29 is 4.79 Å². The lowest BCUT2D eigenvalue weighted by Gasteiger charge is -2.10. The lowest BCUT2D eigenvalue weighted by molar-refractivity contribution is 0.0947. The van der Waals surface area contributed by atoms with Crippen LogP contribution in [0.15, 0.2) is 24.3 Å². The number of benzene rings is 1. The molecule has 0 spiro atoms. The van der Waals surface area contributed by atoms with Gasteiger partial charge in [-0.15, -0.1) is 12.4 Å². The number of rotatable bonds is 4. The maximum Gasteiger partial charge on any atom is 0.252 e. The van der Waals surface area contributed by atoms with Crippen LogP contribution < -0.4 is 11.1 Å². The molecule has 0 heterocycles. The van der Waals surface area contributed by atoms with E-state index in [9.17, 15) is 4.79 Å². The number of carbonyl (C=O) groups is 1. The number of hydrogen-bond acceptors (Lipinski definition) is 2. The fraction of sp³-hybridized carbons (Fsp3) is 0.364. The van der Waals surface area contributed by atoms with Crippen molar-refractivity contribution in [1.29, 1.82) is 0 Å². The molecule has 90 valence electrons. The van der Waals surface area contributed by atoms with Crippen LogP contribution in [0, 0.1) is 9.49 Å². The molecule has 0 aliphatic heterocycles. The predicted molar refractivity (Wildman–Crippen MR) is 77.0 cm³/mol. The standard InChI is InChI=1S/C11H15IN2O.ClH/c1-8(6-13)7-14-11(15)9-4-2-3-5-10(9)12;/h2-5,8H,6-7,13H2,1H3,(H,14,15);1H. The normalized spacial score (nSPS) is 11.4. The minimum atomic E-state index is -0.0275. The predicted octanol–water partition coefficient (Wildman–Crippen LogP) is 2.04. The van der Waals surface area contributed by atoms with Crippen LogP contribution in [0.1, 0.15) is 17.3 Å². The molecule has 1 amide bonds. The fourth-order valence-corrected chi connectivity index (χ4v) is 1.72. The zero-order valence-electron chi connectivity index (χ0n) is 9.07. The number of halogens is 2. The van der Waals surface area contributed by atoms with E-state index in [1.165, 1.54) is 0 Å². The van der Waals surface area contributed by atoms with Crippen molar-refractivity contribution in [2.45, 2.75) is 6.92 Å². The van der Waals surface area contributed by atoms with Gasteiger partial charge in [0.2, 0.25) is 0 Å². The van der Waals surface area contributed by atoms with Crippen molar-refractivity contribution in [1.82, 2.24) is 5.32 Å². The maximum atomic E-state index is 11.7. The molecule has 1 atom stereocenters. The SMILES string of the molecule is CC(CN)CNC(=O)c1ccccc1I.Cl. The van der Waals surface area contributed by atoms with E-state index < -0.39 is 0 Å². The van der Waals surface area contributed by atoms with Gasteiger partial charge in [0.15, 0.2) is 0 Å². The highest BCUT2D eigenvalue weighted by Gasteiger charge is 2.09. The number of hydrogen-bond donors (Lipinski definition) is 2. The Labute approximate surface area is 116 Å². The number of nitrogens with two attached hydrogens (primary N) is 1. The van der Waals surface area contributed by atoms with E-state index in [0.29, 0.717) is 19.0 Å². The van der Waals surface area contributed by atoms with Crippen molar-refractivity contribution in [3.63, 3.8) is 0 Å². The van der Waals surface area contributed by atoms with Gasteiger partial charge in [-0.05, 0) is 47.2 Å². The largest absolute Gasteiger partial charge is 0.352 e. The average molecular weight is 355 g/mol. The smallest absolute Gasteiger partial charge is 0.252 e. The summed E-state index contributed by atoms with van der Waals surface area (Å²) in [5.74, 6) is 0.288. The van der Waals surface area contributed by atoms with E-state index in [1.807, 2.05) is 31.2 Å². The number of nitrogens with one attached hydrogen (secondary N) is 1. The van der Waals surface area contributed by atoms with Gasteiger partial charge in [-0.1, -0.05) is 19.1 Å². The molecule has 0 saturated heterocycles. The summed E-state index contributed by atoms with van der Waals surface area (Å²) in [6.45, 7) is 3.22. The van der Waals surface area contributed by atoms with Gasteiger partial charge in [-0.2, -0.15) is 0 Å². The summed E-state index contributed by atoms with van der Waals surface area (Å²) in [6.07, 6.45) is 0. The Bertz CT molecular complexity index is 347. The van der Waals surface area contributed by atoms with Crippen LogP contribution in [0.25, 0.3) is 0 Å². The lowest BCUT2D eigenvalue weighted by Crippen LogP contribution is -2.31. The van der Waals surface area contributed by atoms with E-state index in [-0.39, 0.29) is 18.3 Å². The summed E-state index contributed by atoms with van der Waals surface area (Å²) >= 11 is 2.16. The van der Waals surface area contributed by atoms with Gasteiger partial charge in [0.25, 0.3) is 5.91 Å². The van der Waals surface area contributed by atoms with E-state index in [2.05, 4.69) is 27.9 Å². The van der Waals surface area contributed by atoms with Crippen LogP contribution in [0.5, 0.6) is 0 Å². The molecule has 1 aromatic rings. The molecule has 5 heteroatoms. The minimum Gasteiger partial charge on any atom is -0.352 e. The molecule has 0 aliphatic carbocycles. The zero-order chi connectivity index (χ0) is 11.3. The first-order valence-electron chi connectivity index (χ1n) is 4.88. The van der Waals surface area contributed by atoms with Gasteiger partial charge in [-0.25, -0.2) is 0 Å². The summed E-state index contributed by atoms with van der Waals surface area (Å²) in [7, 11) is 0. The molecule has 3 nitrogen and oxygen atoms in total. The van der Waals surface area contributed by atoms with Crippen LogP contribution in [0.2, 0.25) is 0 Å². The second-order valence-corrected chi connectivity index (χ2v) is 4.69. The van der Waals surface area contributed by atoms with Gasteiger partial charge >= 0.3 is 0 Å². The molecular formula is C11H16ClIN2O. The molecule has 16 heavy (non-hydrogen) atoms. The van der Waals surface area contributed by atoms with E-state index in [0.717, 1.165) is 9.13 Å². The molecule has 0 bridgehead atoms. The minimum absolute atomic E-state index is 0.